The molecule has 0 fully saturated rings. The van der Waals surface area contributed by atoms with Crippen LogP contribution in [0.15, 0.2) is 84.2 Å². The van der Waals surface area contributed by atoms with Gasteiger partial charge in [0.15, 0.2) is 0 Å². The highest BCUT2D eigenvalue weighted by atomic mass is 19.1. The number of esters is 1. The molecule has 2 amide bonds. The first-order valence-corrected chi connectivity index (χ1v) is 13.0. The van der Waals surface area contributed by atoms with E-state index >= 15 is 0 Å². The van der Waals surface area contributed by atoms with Crippen molar-refractivity contribution in [2.75, 3.05) is 17.7 Å². The van der Waals surface area contributed by atoms with Crippen LogP contribution in [0.4, 0.5) is 15.8 Å². The van der Waals surface area contributed by atoms with E-state index in [4.69, 9.17) is 9.72 Å². The number of hydrogen-bond donors (Lipinski definition) is 2. The van der Waals surface area contributed by atoms with Crippen molar-refractivity contribution < 1.29 is 23.5 Å². The zero-order valence-electron chi connectivity index (χ0n) is 22.8. The van der Waals surface area contributed by atoms with Crippen molar-refractivity contribution in [3.05, 3.63) is 107 Å². The van der Waals surface area contributed by atoms with Gasteiger partial charge in [0.2, 0.25) is 17.6 Å². The summed E-state index contributed by atoms with van der Waals surface area (Å²) in [6.07, 6.45) is 1.42. The van der Waals surface area contributed by atoms with E-state index in [1.807, 2.05) is 6.92 Å². The number of halogens is 1. The predicted molar refractivity (Wildman–Crippen MR) is 157 cm³/mol. The molecule has 0 aliphatic rings. The molecule has 2 aromatic heterocycles. The van der Waals surface area contributed by atoms with E-state index in [0.717, 1.165) is 6.08 Å². The maximum Gasteiger partial charge on any atom is 0.337 e. The van der Waals surface area contributed by atoms with Crippen molar-refractivity contribution >= 4 is 46.0 Å². The lowest BCUT2D eigenvalue weighted by molar-refractivity contribution is -0.116. The van der Waals surface area contributed by atoms with Crippen LogP contribution in [0.2, 0.25) is 0 Å². The largest absolute Gasteiger partial charge is 0.465 e. The number of imidazole rings is 1. The van der Waals surface area contributed by atoms with Crippen molar-refractivity contribution in [1.82, 2.24) is 14.0 Å². The molecule has 212 valence electrons. The van der Waals surface area contributed by atoms with Crippen molar-refractivity contribution in [2.24, 2.45) is 0 Å². The van der Waals surface area contributed by atoms with Crippen LogP contribution >= 0.6 is 0 Å². The van der Waals surface area contributed by atoms with Crippen LogP contribution < -0.4 is 16.2 Å². The molecule has 5 rings (SSSR count). The number of nitrogens with zero attached hydrogens (tertiary/aromatic N) is 3. The number of ether oxygens (including phenoxy) is 1. The van der Waals surface area contributed by atoms with Crippen LogP contribution in [-0.2, 0) is 27.3 Å². The minimum atomic E-state index is -0.617. The maximum atomic E-state index is 14.3. The molecule has 42 heavy (non-hydrogen) atoms. The Morgan fingerprint density at radius 2 is 1.74 bits per heavy atom. The molecule has 0 atom stereocenters. The highest BCUT2D eigenvalue weighted by molar-refractivity contribution is 6.03. The third-order valence-electron chi connectivity index (χ3n) is 6.71. The molecule has 0 aliphatic heterocycles. The number of aromatic nitrogens is 3. The lowest BCUT2D eigenvalue weighted by Crippen LogP contribution is -2.23. The SMILES string of the molecule is C=CC(=O)Nc1ccc(C(=O)OC)cc1-c1c(CC)nc2n(CC(=O)Nc3ccc(F)cc3)c3ccccc3n2c1=O. The average molecular weight is 568 g/mol. The number of fused-ring (bicyclic) bond motifs is 3. The second-order valence-corrected chi connectivity index (χ2v) is 9.30. The predicted octanol–water partition coefficient (Wildman–Crippen LogP) is 4.57. The van der Waals surface area contributed by atoms with E-state index in [0.29, 0.717) is 28.8 Å². The van der Waals surface area contributed by atoms with Gasteiger partial charge in [0.25, 0.3) is 5.56 Å². The van der Waals surface area contributed by atoms with Gasteiger partial charge in [0.1, 0.15) is 12.4 Å². The molecule has 2 N–H and O–H groups in total. The summed E-state index contributed by atoms with van der Waals surface area (Å²) in [6, 6.07) is 16.9. The number of rotatable bonds is 8. The minimum absolute atomic E-state index is 0.176. The lowest BCUT2D eigenvalue weighted by Gasteiger charge is -2.15. The summed E-state index contributed by atoms with van der Waals surface area (Å²) < 4.78 is 21.2. The van der Waals surface area contributed by atoms with Crippen LogP contribution in [0.1, 0.15) is 23.0 Å². The Balaban J connectivity index is 1.72. The molecule has 0 saturated heterocycles. The molecule has 0 saturated carbocycles. The molecular weight excluding hydrogens is 541 g/mol. The third-order valence-corrected chi connectivity index (χ3v) is 6.71. The Morgan fingerprint density at radius 1 is 1.02 bits per heavy atom. The molecule has 0 unspecified atom stereocenters. The van der Waals surface area contributed by atoms with Gasteiger partial charge in [-0.05, 0) is 67.1 Å². The van der Waals surface area contributed by atoms with Gasteiger partial charge in [0.05, 0.1) is 35.0 Å². The second-order valence-electron chi connectivity index (χ2n) is 9.30. The summed E-state index contributed by atoms with van der Waals surface area (Å²) in [5.41, 5.74) is 2.35. The van der Waals surface area contributed by atoms with E-state index in [1.54, 1.807) is 28.8 Å². The van der Waals surface area contributed by atoms with E-state index < -0.39 is 29.2 Å². The molecule has 0 bridgehead atoms. The number of hydrogen-bond acceptors (Lipinski definition) is 6. The fraction of sp³-hybridized carbons (Fsp3) is 0.129. The number of carbonyl (C=O) groups excluding carboxylic acids is 3. The van der Waals surface area contributed by atoms with E-state index in [1.165, 1.54) is 54.0 Å². The van der Waals surface area contributed by atoms with Crippen molar-refractivity contribution in [1.29, 1.82) is 0 Å². The zero-order valence-corrected chi connectivity index (χ0v) is 22.8. The Hall–Kier alpha value is -5.58. The molecule has 0 radical (unpaired) electrons. The number of anilines is 2. The van der Waals surface area contributed by atoms with Crippen LogP contribution in [0.3, 0.4) is 0 Å². The molecule has 10 nitrogen and oxygen atoms in total. The first-order valence-electron chi connectivity index (χ1n) is 13.0. The molecule has 2 heterocycles. The van der Waals surface area contributed by atoms with E-state index in [2.05, 4.69) is 17.2 Å². The fourth-order valence-electron chi connectivity index (χ4n) is 4.79. The number of carbonyl (C=O) groups is 3. The Bertz CT molecular complexity index is 1940. The van der Waals surface area contributed by atoms with Crippen LogP contribution in [0.25, 0.3) is 27.9 Å². The van der Waals surface area contributed by atoms with Crippen molar-refractivity contribution in [2.45, 2.75) is 19.9 Å². The number of aryl methyl sites for hydroxylation is 1. The van der Waals surface area contributed by atoms with Gasteiger partial charge in [-0.2, -0.15) is 0 Å². The highest BCUT2D eigenvalue weighted by Crippen LogP contribution is 2.31. The first kappa shape index (κ1) is 28.0. The Kier molecular flexibility index (Phi) is 7.65. The summed E-state index contributed by atoms with van der Waals surface area (Å²) in [6.45, 7) is 5.13. The number of para-hydroxylation sites is 2. The summed E-state index contributed by atoms with van der Waals surface area (Å²) in [4.78, 5) is 56.8. The highest BCUT2D eigenvalue weighted by Gasteiger charge is 2.24. The van der Waals surface area contributed by atoms with E-state index in [9.17, 15) is 23.6 Å². The van der Waals surface area contributed by atoms with Gasteiger partial charge in [-0.1, -0.05) is 25.6 Å². The third kappa shape index (κ3) is 5.15. The van der Waals surface area contributed by atoms with Gasteiger partial charge in [-0.15, -0.1) is 0 Å². The second kappa shape index (κ2) is 11.5. The van der Waals surface area contributed by atoms with Gasteiger partial charge in [0, 0.05) is 16.9 Å². The van der Waals surface area contributed by atoms with Crippen molar-refractivity contribution in [3.63, 3.8) is 0 Å². The minimum Gasteiger partial charge on any atom is -0.465 e. The van der Waals surface area contributed by atoms with E-state index in [-0.39, 0.29) is 34.7 Å². The zero-order chi connectivity index (χ0) is 30.0. The smallest absolute Gasteiger partial charge is 0.337 e. The Labute approximate surface area is 239 Å². The van der Waals surface area contributed by atoms with Gasteiger partial charge in [-0.3, -0.25) is 14.4 Å². The summed E-state index contributed by atoms with van der Waals surface area (Å²) in [7, 11) is 1.25. The number of methoxy groups -OCH3 is 1. The molecule has 0 spiro atoms. The first-order chi connectivity index (χ1) is 20.2. The summed E-state index contributed by atoms with van der Waals surface area (Å²) in [5.74, 6) is -1.71. The molecule has 3 aromatic carbocycles. The van der Waals surface area contributed by atoms with Crippen LogP contribution in [-0.4, -0.2) is 38.8 Å². The number of nitrogens with one attached hydrogen (secondary N) is 2. The van der Waals surface area contributed by atoms with Gasteiger partial charge >= 0.3 is 5.97 Å². The average Bonchev–Trinajstić information content (AvgIpc) is 3.31. The van der Waals surface area contributed by atoms with Crippen LogP contribution in [0.5, 0.6) is 0 Å². The maximum absolute atomic E-state index is 14.3. The molecular formula is C31H26FN5O5. The topological polar surface area (TPSA) is 124 Å². The lowest BCUT2D eigenvalue weighted by atomic mass is 9.99. The standard InChI is InChI=1S/C31H26FN5O5/c1-4-22-28(21-16-18(30(41)42-3)10-15-23(21)34-26(38)5-2)29(40)37-25-9-7-6-8-24(25)36(31(37)35-22)17-27(39)33-20-13-11-19(32)12-14-20/h5-16H,2,4,17H2,1,3H3,(H,33,39)(H,34,38). The van der Waals surface area contributed by atoms with Crippen molar-refractivity contribution in [3.8, 4) is 11.1 Å². The Morgan fingerprint density at radius 3 is 2.40 bits per heavy atom. The number of benzene rings is 3. The summed E-state index contributed by atoms with van der Waals surface area (Å²) in [5, 5.41) is 5.44. The number of amides is 2. The fourth-order valence-corrected chi connectivity index (χ4v) is 4.79. The van der Waals surface area contributed by atoms with Crippen LogP contribution in [0, 0.1) is 5.82 Å². The summed E-state index contributed by atoms with van der Waals surface area (Å²) >= 11 is 0. The molecule has 5 aromatic rings. The normalized spacial score (nSPS) is 10.9. The van der Waals surface area contributed by atoms with Gasteiger partial charge < -0.3 is 19.9 Å². The quantitative estimate of drug-likeness (QED) is 0.209. The van der Waals surface area contributed by atoms with Gasteiger partial charge in [-0.25, -0.2) is 18.6 Å². The molecule has 0 aliphatic carbocycles. The molecule has 11 heteroatoms. The monoisotopic (exact) mass is 567 g/mol.